The Hall–Kier alpha value is -0.340. The van der Waals surface area contributed by atoms with E-state index in [-0.39, 0.29) is 12.2 Å². The van der Waals surface area contributed by atoms with Crippen LogP contribution in [0.4, 0.5) is 0 Å². The molecule has 0 aromatic carbocycles. The molecule has 19 heavy (non-hydrogen) atoms. The summed E-state index contributed by atoms with van der Waals surface area (Å²) in [5.41, 5.74) is 0. The van der Waals surface area contributed by atoms with E-state index < -0.39 is 0 Å². The van der Waals surface area contributed by atoms with E-state index in [1.807, 2.05) is 0 Å². The molecule has 0 radical (unpaired) electrons. The molecule has 2 nitrogen and oxygen atoms in total. The SMILES string of the molecule is CC1CCC(C(C)C)C(OC2C3C=CC(O3)C2C)C1. The molecule has 1 saturated carbocycles. The van der Waals surface area contributed by atoms with Crippen LogP contribution in [0.3, 0.4) is 0 Å². The molecule has 1 saturated heterocycles. The summed E-state index contributed by atoms with van der Waals surface area (Å²) >= 11 is 0. The molecule has 7 atom stereocenters. The summed E-state index contributed by atoms with van der Waals surface area (Å²) in [4.78, 5) is 0. The van der Waals surface area contributed by atoms with Crippen molar-refractivity contribution in [3.8, 4) is 0 Å². The average molecular weight is 264 g/mol. The standard InChI is InChI=1S/C17H28O2/c1-10(2)13-6-5-11(3)9-16(13)19-17-12(4)14-7-8-15(17)18-14/h7-8,10-17H,5-6,9H2,1-4H3. The van der Waals surface area contributed by atoms with E-state index in [1.165, 1.54) is 19.3 Å². The Balaban J connectivity index is 1.68. The van der Waals surface area contributed by atoms with Gasteiger partial charge in [-0.2, -0.15) is 0 Å². The highest BCUT2D eigenvalue weighted by molar-refractivity contribution is 5.15. The summed E-state index contributed by atoms with van der Waals surface area (Å²) in [6.45, 7) is 9.33. The molecular weight excluding hydrogens is 236 g/mol. The van der Waals surface area contributed by atoms with Gasteiger partial charge in [0.05, 0.1) is 18.3 Å². The Morgan fingerprint density at radius 1 is 1.11 bits per heavy atom. The predicted molar refractivity (Wildman–Crippen MR) is 77.0 cm³/mol. The second-order valence-corrected chi connectivity index (χ2v) is 7.27. The van der Waals surface area contributed by atoms with Crippen molar-refractivity contribution in [2.75, 3.05) is 0 Å². The van der Waals surface area contributed by atoms with Gasteiger partial charge in [-0.1, -0.05) is 46.3 Å². The van der Waals surface area contributed by atoms with Crippen LogP contribution >= 0.6 is 0 Å². The Morgan fingerprint density at radius 3 is 2.47 bits per heavy atom. The van der Waals surface area contributed by atoms with Gasteiger partial charge in [0.15, 0.2) is 0 Å². The van der Waals surface area contributed by atoms with Crippen LogP contribution in [0.5, 0.6) is 0 Å². The van der Waals surface area contributed by atoms with Crippen LogP contribution in [0.25, 0.3) is 0 Å². The monoisotopic (exact) mass is 264 g/mol. The summed E-state index contributed by atoms with van der Waals surface area (Å²) in [5, 5.41) is 0. The first-order valence-corrected chi connectivity index (χ1v) is 8.05. The van der Waals surface area contributed by atoms with E-state index in [0.717, 1.165) is 17.8 Å². The minimum Gasteiger partial charge on any atom is -0.371 e. The predicted octanol–water partition coefficient (Wildman–Crippen LogP) is 3.81. The van der Waals surface area contributed by atoms with Crippen molar-refractivity contribution in [3.05, 3.63) is 12.2 Å². The molecular formula is C17H28O2. The largest absolute Gasteiger partial charge is 0.371 e. The fourth-order valence-corrected chi connectivity index (χ4v) is 4.14. The van der Waals surface area contributed by atoms with Gasteiger partial charge in [0, 0.05) is 5.92 Å². The van der Waals surface area contributed by atoms with Crippen molar-refractivity contribution in [1.82, 2.24) is 0 Å². The van der Waals surface area contributed by atoms with Crippen LogP contribution in [0.15, 0.2) is 12.2 Å². The van der Waals surface area contributed by atoms with Crippen molar-refractivity contribution in [1.29, 1.82) is 0 Å². The maximum atomic E-state index is 6.57. The lowest BCUT2D eigenvalue weighted by molar-refractivity contribution is -0.101. The van der Waals surface area contributed by atoms with E-state index in [9.17, 15) is 0 Å². The number of hydrogen-bond donors (Lipinski definition) is 0. The van der Waals surface area contributed by atoms with Gasteiger partial charge in [-0.3, -0.25) is 0 Å². The van der Waals surface area contributed by atoms with Crippen LogP contribution in [0.1, 0.15) is 47.0 Å². The average Bonchev–Trinajstić information content (AvgIpc) is 2.93. The zero-order valence-corrected chi connectivity index (χ0v) is 12.7. The first kappa shape index (κ1) is 13.6. The highest BCUT2D eigenvalue weighted by atomic mass is 16.6. The minimum absolute atomic E-state index is 0.213. The molecule has 1 aliphatic carbocycles. The van der Waals surface area contributed by atoms with Crippen LogP contribution in [-0.2, 0) is 9.47 Å². The highest BCUT2D eigenvalue weighted by Crippen LogP contribution is 2.41. The Bertz CT molecular complexity index is 349. The zero-order valence-electron chi connectivity index (χ0n) is 12.7. The molecule has 108 valence electrons. The maximum Gasteiger partial charge on any atom is 0.103 e. The van der Waals surface area contributed by atoms with Crippen LogP contribution in [-0.4, -0.2) is 24.4 Å². The van der Waals surface area contributed by atoms with Gasteiger partial charge in [-0.25, -0.2) is 0 Å². The lowest BCUT2D eigenvalue weighted by Crippen LogP contribution is -2.41. The molecule has 0 spiro atoms. The molecule has 3 rings (SSSR count). The second-order valence-electron chi connectivity index (χ2n) is 7.27. The minimum atomic E-state index is 0.213. The number of ether oxygens (including phenoxy) is 2. The van der Waals surface area contributed by atoms with E-state index in [1.54, 1.807) is 0 Å². The van der Waals surface area contributed by atoms with Crippen LogP contribution in [0.2, 0.25) is 0 Å². The number of rotatable bonds is 3. The topological polar surface area (TPSA) is 18.5 Å². The molecule has 0 N–H and O–H groups in total. The lowest BCUT2D eigenvalue weighted by Gasteiger charge is -2.40. The van der Waals surface area contributed by atoms with Gasteiger partial charge >= 0.3 is 0 Å². The van der Waals surface area contributed by atoms with Crippen molar-refractivity contribution < 1.29 is 9.47 Å². The lowest BCUT2D eigenvalue weighted by atomic mass is 9.75. The summed E-state index contributed by atoms with van der Waals surface area (Å²) in [7, 11) is 0. The molecule has 2 heterocycles. The molecule has 3 aliphatic rings. The third-order valence-corrected chi connectivity index (χ3v) is 5.46. The van der Waals surface area contributed by atoms with Crippen molar-refractivity contribution >= 4 is 0 Å². The van der Waals surface area contributed by atoms with Gasteiger partial charge in [0.2, 0.25) is 0 Å². The first-order chi connectivity index (χ1) is 9.06. The Labute approximate surface area is 117 Å². The summed E-state index contributed by atoms with van der Waals surface area (Å²) in [6.07, 6.45) is 9.57. The van der Waals surface area contributed by atoms with Crippen LogP contribution in [0, 0.1) is 23.7 Å². The van der Waals surface area contributed by atoms with Gasteiger partial charge in [-0.05, 0) is 30.6 Å². The van der Waals surface area contributed by atoms with E-state index >= 15 is 0 Å². The molecule has 2 heteroatoms. The van der Waals surface area contributed by atoms with Gasteiger partial charge in [-0.15, -0.1) is 0 Å². The quantitative estimate of drug-likeness (QED) is 0.722. The van der Waals surface area contributed by atoms with Crippen molar-refractivity contribution in [3.63, 3.8) is 0 Å². The number of fused-ring (bicyclic) bond motifs is 2. The van der Waals surface area contributed by atoms with Crippen LogP contribution < -0.4 is 0 Å². The summed E-state index contributed by atoms with van der Waals surface area (Å²) in [6, 6.07) is 0. The number of hydrogen-bond acceptors (Lipinski definition) is 2. The second kappa shape index (κ2) is 5.21. The summed E-state index contributed by atoms with van der Waals surface area (Å²) in [5.74, 6) is 2.78. The Morgan fingerprint density at radius 2 is 1.84 bits per heavy atom. The third kappa shape index (κ3) is 2.50. The van der Waals surface area contributed by atoms with E-state index in [4.69, 9.17) is 9.47 Å². The van der Waals surface area contributed by atoms with E-state index in [0.29, 0.717) is 18.1 Å². The maximum absolute atomic E-state index is 6.57. The molecule has 2 fully saturated rings. The van der Waals surface area contributed by atoms with Gasteiger partial charge in [0.25, 0.3) is 0 Å². The molecule has 2 aliphatic heterocycles. The van der Waals surface area contributed by atoms with Gasteiger partial charge < -0.3 is 9.47 Å². The third-order valence-electron chi connectivity index (χ3n) is 5.46. The molecule has 0 aromatic heterocycles. The van der Waals surface area contributed by atoms with Crippen molar-refractivity contribution in [2.45, 2.75) is 71.4 Å². The molecule has 0 aromatic rings. The van der Waals surface area contributed by atoms with Crippen molar-refractivity contribution in [2.24, 2.45) is 23.7 Å². The normalized spacial score (nSPS) is 49.2. The van der Waals surface area contributed by atoms with E-state index in [2.05, 4.69) is 39.8 Å². The molecule has 0 amide bonds. The smallest absolute Gasteiger partial charge is 0.103 e. The first-order valence-electron chi connectivity index (χ1n) is 8.05. The van der Waals surface area contributed by atoms with Gasteiger partial charge in [0.1, 0.15) is 6.10 Å². The molecule has 2 bridgehead atoms. The fraction of sp³-hybridized carbons (Fsp3) is 0.882. The Kier molecular flexibility index (Phi) is 3.74. The highest BCUT2D eigenvalue weighted by Gasteiger charge is 2.46. The zero-order chi connectivity index (χ0) is 13.6. The molecule has 7 unspecified atom stereocenters. The summed E-state index contributed by atoms with van der Waals surface area (Å²) < 4.78 is 12.5. The fourth-order valence-electron chi connectivity index (χ4n) is 4.14.